The van der Waals surface area contributed by atoms with Crippen molar-refractivity contribution in [1.82, 2.24) is 5.32 Å². The highest BCUT2D eigenvalue weighted by Crippen LogP contribution is 2.26. The number of hydrogen-bond acceptors (Lipinski definition) is 3. The van der Waals surface area contributed by atoms with Gasteiger partial charge in [-0.3, -0.25) is 0 Å². The van der Waals surface area contributed by atoms with Gasteiger partial charge in [-0.25, -0.2) is 0 Å². The Labute approximate surface area is 88.1 Å². The van der Waals surface area contributed by atoms with Gasteiger partial charge in [0.1, 0.15) is 0 Å². The quantitative estimate of drug-likeness (QED) is 0.813. The topological polar surface area (TPSA) is 38.0 Å². The van der Waals surface area contributed by atoms with Crippen molar-refractivity contribution in [1.29, 1.82) is 0 Å². The molecular formula is C9H15ClN2S. The highest BCUT2D eigenvalue weighted by molar-refractivity contribution is 7.10. The van der Waals surface area contributed by atoms with E-state index in [0.29, 0.717) is 12.6 Å². The summed E-state index contributed by atoms with van der Waals surface area (Å²) in [5.41, 5.74) is 6.64. The fourth-order valence-corrected chi connectivity index (χ4v) is 2.14. The van der Waals surface area contributed by atoms with E-state index in [1.807, 2.05) is 6.92 Å². The minimum absolute atomic E-state index is 0.346. The van der Waals surface area contributed by atoms with Crippen molar-refractivity contribution in [2.45, 2.75) is 26.4 Å². The van der Waals surface area contributed by atoms with Crippen LogP contribution in [-0.2, 0) is 6.54 Å². The van der Waals surface area contributed by atoms with Gasteiger partial charge < -0.3 is 11.1 Å². The van der Waals surface area contributed by atoms with Crippen molar-refractivity contribution in [2.75, 3.05) is 6.54 Å². The smallest absolute Gasteiger partial charge is 0.0587 e. The van der Waals surface area contributed by atoms with Crippen molar-refractivity contribution in [3.05, 3.63) is 20.8 Å². The van der Waals surface area contributed by atoms with Crippen molar-refractivity contribution in [2.24, 2.45) is 5.73 Å². The Balaban J connectivity index is 2.50. The molecule has 74 valence electrons. The number of hydrogen-bond donors (Lipinski definition) is 2. The molecule has 0 amide bonds. The summed E-state index contributed by atoms with van der Waals surface area (Å²) in [6.07, 6.45) is 0. The molecule has 0 bridgehead atoms. The van der Waals surface area contributed by atoms with Crippen LogP contribution in [0, 0.1) is 6.92 Å². The Kier molecular flexibility index (Phi) is 4.19. The summed E-state index contributed by atoms with van der Waals surface area (Å²) in [7, 11) is 0. The lowest BCUT2D eigenvalue weighted by Crippen LogP contribution is -2.32. The van der Waals surface area contributed by atoms with Crippen LogP contribution in [0.3, 0.4) is 0 Å². The predicted molar refractivity (Wildman–Crippen MR) is 59.4 cm³/mol. The molecule has 0 unspecified atom stereocenters. The lowest BCUT2D eigenvalue weighted by Gasteiger charge is -2.09. The first-order valence-corrected chi connectivity index (χ1v) is 5.56. The number of rotatable bonds is 4. The molecule has 2 nitrogen and oxygen atoms in total. The molecule has 13 heavy (non-hydrogen) atoms. The second-order valence-electron chi connectivity index (χ2n) is 3.17. The van der Waals surface area contributed by atoms with E-state index in [0.717, 1.165) is 17.1 Å². The van der Waals surface area contributed by atoms with Crippen LogP contribution in [0.15, 0.2) is 5.38 Å². The maximum absolute atomic E-state index is 6.07. The van der Waals surface area contributed by atoms with E-state index in [1.54, 1.807) is 11.3 Å². The van der Waals surface area contributed by atoms with Gasteiger partial charge in [0.25, 0.3) is 0 Å². The molecule has 0 radical (unpaired) electrons. The van der Waals surface area contributed by atoms with Crippen LogP contribution < -0.4 is 11.1 Å². The molecular weight excluding hydrogens is 204 g/mol. The first-order chi connectivity index (χ1) is 6.15. The summed E-state index contributed by atoms with van der Waals surface area (Å²) in [6, 6.07) is 0.346. The Bertz CT molecular complexity index is 273. The number of aryl methyl sites for hydroxylation is 1. The SMILES string of the molecule is Cc1csc(CN[C@@H](C)CN)c1Cl. The second-order valence-corrected chi connectivity index (χ2v) is 4.52. The van der Waals surface area contributed by atoms with Crippen molar-refractivity contribution in [3.63, 3.8) is 0 Å². The van der Waals surface area contributed by atoms with Gasteiger partial charge >= 0.3 is 0 Å². The summed E-state index contributed by atoms with van der Waals surface area (Å²) in [4.78, 5) is 1.19. The van der Waals surface area contributed by atoms with Gasteiger partial charge in [0, 0.05) is 24.0 Å². The molecule has 0 saturated carbocycles. The van der Waals surface area contributed by atoms with Gasteiger partial charge in [-0.15, -0.1) is 11.3 Å². The van der Waals surface area contributed by atoms with E-state index in [2.05, 4.69) is 17.6 Å². The predicted octanol–water partition coefficient (Wildman–Crippen LogP) is 2.15. The molecule has 4 heteroatoms. The molecule has 0 aliphatic rings. The van der Waals surface area contributed by atoms with E-state index in [1.165, 1.54) is 4.88 Å². The normalized spacial score (nSPS) is 13.2. The molecule has 1 aromatic rings. The Morgan fingerprint density at radius 2 is 2.38 bits per heavy atom. The van der Waals surface area contributed by atoms with E-state index >= 15 is 0 Å². The highest BCUT2D eigenvalue weighted by Gasteiger charge is 2.06. The molecule has 0 saturated heterocycles. The first kappa shape index (κ1) is 11.0. The molecule has 0 aliphatic heterocycles. The van der Waals surface area contributed by atoms with Gasteiger partial charge in [-0.1, -0.05) is 11.6 Å². The molecule has 1 rings (SSSR count). The minimum atomic E-state index is 0.346. The number of nitrogens with two attached hydrogens (primary N) is 1. The van der Waals surface area contributed by atoms with Gasteiger partial charge in [0.2, 0.25) is 0 Å². The van der Waals surface area contributed by atoms with Crippen LogP contribution in [0.25, 0.3) is 0 Å². The third-order valence-electron chi connectivity index (χ3n) is 1.93. The summed E-state index contributed by atoms with van der Waals surface area (Å²) in [5.74, 6) is 0. The summed E-state index contributed by atoms with van der Waals surface area (Å²) in [5, 5.41) is 6.27. The van der Waals surface area contributed by atoms with Crippen molar-refractivity contribution >= 4 is 22.9 Å². The van der Waals surface area contributed by atoms with Gasteiger partial charge in [-0.05, 0) is 24.8 Å². The number of thiophene rings is 1. The zero-order valence-electron chi connectivity index (χ0n) is 7.93. The maximum Gasteiger partial charge on any atom is 0.0587 e. The van der Waals surface area contributed by atoms with Gasteiger partial charge in [0.15, 0.2) is 0 Å². The number of halogens is 1. The summed E-state index contributed by atoms with van der Waals surface area (Å²) in [6.45, 7) is 5.56. The van der Waals surface area contributed by atoms with E-state index in [-0.39, 0.29) is 0 Å². The average Bonchev–Trinajstić information content (AvgIpc) is 2.44. The van der Waals surface area contributed by atoms with E-state index < -0.39 is 0 Å². The molecule has 0 fully saturated rings. The zero-order chi connectivity index (χ0) is 9.84. The zero-order valence-corrected chi connectivity index (χ0v) is 9.50. The van der Waals surface area contributed by atoms with Crippen LogP contribution >= 0.6 is 22.9 Å². The standard InChI is InChI=1S/C9H15ClN2S/c1-6-5-13-8(9(6)10)4-12-7(2)3-11/h5,7,12H,3-4,11H2,1-2H3/t7-/m0/s1. The molecule has 0 spiro atoms. The maximum atomic E-state index is 6.07. The Morgan fingerprint density at radius 1 is 1.69 bits per heavy atom. The lowest BCUT2D eigenvalue weighted by molar-refractivity contribution is 0.560. The Morgan fingerprint density at radius 3 is 2.85 bits per heavy atom. The largest absolute Gasteiger partial charge is 0.329 e. The molecule has 0 aliphatic carbocycles. The number of nitrogens with one attached hydrogen (secondary N) is 1. The fourth-order valence-electron chi connectivity index (χ4n) is 0.952. The van der Waals surface area contributed by atoms with E-state index in [4.69, 9.17) is 17.3 Å². The third kappa shape index (κ3) is 2.95. The Hall–Kier alpha value is -0.0900. The van der Waals surface area contributed by atoms with Crippen molar-refractivity contribution < 1.29 is 0 Å². The molecule has 1 heterocycles. The van der Waals surface area contributed by atoms with Crippen LogP contribution in [0.2, 0.25) is 5.02 Å². The van der Waals surface area contributed by atoms with Crippen LogP contribution in [0.1, 0.15) is 17.4 Å². The molecule has 1 aromatic heterocycles. The average molecular weight is 219 g/mol. The fraction of sp³-hybridized carbons (Fsp3) is 0.556. The molecule has 0 aromatic carbocycles. The second kappa shape index (κ2) is 4.96. The van der Waals surface area contributed by atoms with Crippen LogP contribution in [0.5, 0.6) is 0 Å². The van der Waals surface area contributed by atoms with E-state index in [9.17, 15) is 0 Å². The monoisotopic (exact) mass is 218 g/mol. The third-order valence-corrected chi connectivity index (χ3v) is 3.68. The van der Waals surface area contributed by atoms with Crippen LogP contribution in [-0.4, -0.2) is 12.6 Å². The first-order valence-electron chi connectivity index (χ1n) is 4.31. The summed E-state index contributed by atoms with van der Waals surface area (Å²) < 4.78 is 0. The molecule has 1 atom stereocenters. The highest BCUT2D eigenvalue weighted by atomic mass is 35.5. The lowest BCUT2D eigenvalue weighted by atomic mass is 10.3. The van der Waals surface area contributed by atoms with Gasteiger partial charge in [0.05, 0.1) is 5.02 Å². The van der Waals surface area contributed by atoms with Gasteiger partial charge in [-0.2, -0.15) is 0 Å². The van der Waals surface area contributed by atoms with Crippen molar-refractivity contribution in [3.8, 4) is 0 Å². The molecule has 3 N–H and O–H groups in total. The van der Waals surface area contributed by atoms with Crippen LogP contribution in [0.4, 0.5) is 0 Å². The summed E-state index contributed by atoms with van der Waals surface area (Å²) >= 11 is 7.77. The minimum Gasteiger partial charge on any atom is -0.329 e.